The van der Waals surface area contributed by atoms with E-state index in [4.69, 9.17) is 0 Å². The van der Waals surface area contributed by atoms with Crippen LogP contribution in [0.3, 0.4) is 0 Å². The van der Waals surface area contributed by atoms with Crippen LogP contribution in [-0.2, 0) is 10.0 Å². The van der Waals surface area contributed by atoms with Crippen LogP contribution in [0.15, 0.2) is 4.99 Å². The lowest BCUT2D eigenvalue weighted by Gasteiger charge is -2.29. The Morgan fingerprint density at radius 1 is 1.17 bits per heavy atom. The molecule has 7 heteroatoms. The summed E-state index contributed by atoms with van der Waals surface area (Å²) in [5, 5.41) is 6.70. The summed E-state index contributed by atoms with van der Waals surface area (Å²) in [4.78, 5) is 4.56. The second-order valence-corrected chi connectivity index (χ2v) is 9.12. The molecule has 0 saturated heterocycles. The Kier molecular flexibility index (Phi) is 7.32. The van der Waals surface area contributed by atoms with Crippen LogP contribution in [-0.4, -0.2) is 45.8 Å². The van der Waals surface area contributed by atoms with Crippen molar-refractivity contribution in [1.82, 2.24) is 15.4 Å². The quantitative estimate of drug-likeness (QED) is 0.463. The van der Waals surface area contributed by atoms with E-state index in [0.29, 0.717) is 12.0 Å². The van der Waals surface area contributed by atoms with Crippen LogP contribution in [0, 0.1) is 5.41 Å². The fraction of sp³-hybridized carbons (Fsp3) is 0.938. The van der Waals surface area contributed by atoms with E-state index < -0.39 is 15.6 Å². The molecule has 0 atom stereocenters. The highest BCUT2D eigenvalue weighted by molar-refractivity contribution is 7.88. The normalized spacial score (nSPS) is 18.9. The summed E-state index contributed by atoms with van der Waals surface area (Å²) in [6.45, 7) is 10.1. The predicted molar refractivity (Wildman–Crippen MR) is 97.2 cm³/mol. The number of sulfonamides is 1. The molecule has 23 heavy (non-hydrogen) atoms. The van der Waals surface area contributed by atoms with Crippen LogP contribution in [0.4, 0.5) is 0 Å². The fourth-order valence-corrected chi connectivity index (χ4v) is 4.27. The van der Waals surface area contributed by atoms with Crippen molar-refractivity contribution >= 4 is 16.0 Å². The highest BCUT2D eigenvalue weighted by Crippen LogP contribution is 2.40. The zero-order chi connectivity index (χ0) is 17.6. The van der Waals surface area contributed by atoms with Crippen LogP contribution in [0.1, 0.15) is 59.8 Å². The lowest BCUT2D eigenvalue weighted by Crippen LogP contribution is -2.47. The predicted octanol–water partition coefficient (Wildman–Crippen LogP) is 1.84. The Balaban J connectivity index is 2.66. The molecule has 0 amide bonds. The van der Waals surface area contributed by atoms with Gasteiger partial charge in [-0.15, -0.1) is 0 Å². The lowest BCUT2D eigenvalue weighted by molar-refractivity contribution is 0.283. The van der Waals surface area contributed by atoms with E-state index in [0.717, 1.165) is 19.0 Å². The average Bonchev–Trinajstić information content (AvgIpc) is 2.89. The van der Waals surface area contributed by atoms with Gasteiger partial charge in [-0.2, -0.15) is 0 Å². The molecule has 0 spiro atoms. The molecule has 1 fully saturated rings. The van der Waals surface area contributed by atoms with E-state index in [1.807, 2.05) is 20.8 Å². The van der Waals surface area contributed by atoms with Crippen molar-refractivity contribution in [2.24, 2.45) is 10.4 Å². The summed E-state index contributed by atoms with van der Waals surface area (Å²) >= 11 is 0. The number of hydrogen-bond donors (Lipinski definition) is 3. The summed E-state index contributed by atoms with van der Waals surface area (Å²) in [6.07, 6.45) is 7.53. The van der Waals surface area contributed by atoms with Crippen molar-refractivity contribution < 1.29 is 8.42 Å². The van der Waals surface area contributed by atoms with Gasteiger partial charge in [0.1, 0.15) is 0 Å². The molecular formula is C16H34N4O2S. The minimum Gasteiger partial charge on any atom is -0.357 e. The maximum absolute atomic E-state index is 11.4. The van der Waals surface area contributed by atoms with Crippen molar-refractivity contribution in [3.8, 4) is 0 Å². The Bertz CT molecular complexity index is 494. The van der Waals surface area contributed by atoms with Gasteiger partial charge in [-0.25, -0.2) is 13.1 Å². The van der Waals surface area contributed by atoms with Gasteiger partial charge in [0.2, 0.25) is 10.0 Å². The monoisotopic (exact) mass is 346 g/mol. The van der Waals surface area contributed by atoms with Gasteiger partial charge in [-0.1, -0.05) is 19.8 Å². The van der Waals surface area contributed by atoms with E-state index in [2.05, 4.69) is 27.3 Å². The number of rotatable bonds is 8. The number of guanidine groups is 1. The molecule has 0 aromatic rings. The third kappa shape index (κ3) is 7.52. The van der Waals surface area contributed by atoms with Crippen molar-refractivity contribution in [2.75, 3.05) is 25.9 Å². The molecule has 0 aliphatic heterocycles. The Morgan fingerprint density at radius 2 is 1.78 bits per heavy atom. The van der Waals surface area contributed by atoms with Gasteiger partial charge in [-0.05, 0) is 45.4 Å². The maximum Gasteiger partial charge on any atom is 0.209 e. The second-order valence-electron chi connectivity index (χ2n) is 7.37. The summed E-state index contributed by atoms with van der Waals surface area (Å²) in [7, 11) is -3.24. The van der Waals surface area contributed by atoms with Gasteiger partial charge in [-0.3, -0.25) is 4.99 Å². The highest BCUT2D eigenvalue weighted by atomic mass is 32.2. The van der Waals surface area contributed by atoms with Gasteiger partial charge < -0.3 is 10.6 Å². The van der Waals surface area contributed by atoms with Crippen LogP contribution in [0.25, 0.3) is 0 Å². The SMILES string of the molecule is CCNC(=NCC(C)(C)NS(C)(=O)=O)NCC1(CC)CCCC1. The number of hydrogen-bond acceptors (Lipinski definition) is 3. The first-order chi connectivity index (χ1) is 10.6. The van der Waals surface area contributed by atoms with Gasteiger partial charge in [0, 0.05) is 18.6 Å². The molecule has 3 N–H and O–H groups in total. The molecule has 0 aromatic heterocycles. The van der Waals surface area contributed by atoms with Crippen LogP contribution < -0.4 is 15.4 Å². The van der Waals surface area contributed by atoms with Crippen molar-refractivity contribution in [1.29, 1.82) is 0 Å². The van der Waals surface area contributed by atoms with Crippen molar-refractivity contribution in [3.05, 3.63) is 0 Å². The molecule has 0 unspecified atom stereocenters. The van der Waals surface area contributed by atoms with Crippen LogP contribution in [0.2, 0.25) is 0 Å². The molecule has 0 aromatic carbocycles. The Labute approximate surface area is 142 Å². The van der Waals surface area contributed by atoms with Gasteiger partial charge in [0.15, 0.2) is 5.96 Å². The number of aliphatic imine (C=N–C) groups is 1. The summed E-state index contributed by atoms with van der Waals surface area (Å²) < 4.78 is 25.4. The Hall–Kier alpha value is -0.820. The third-order valence-corrected chi connectivity index (χ3v) is 5.41. The maximum atomic E-state index is 11.4. The first-order valence-electron chi connectivity index (χ1n) is 8.62. The van der Waals surface area contributed by atoms with Gasteiger partial charge in [0.05, 0.1) is 12.8 Å². The van der Waals surface area contributed by atoms with Crippen LogP contribution in [0.5, 0.6) is 0 Å². The van der Waals surface area contributed by atoms with E-state index >= 15 is 0 Å². The molecule has 1 aliphatic carbocycles. The lowest BCUT2D eigenvalue weighted by atomic mass is 9.83. The summed E-state index contributed by atoms with van der Waals surface area (Å²) in [5.41, 5.74) is -0.220. The zero-order valence-corrected chi connectivity index (χ0v) is 16.1. The molecule has 1 aliphatic rings. The van der Waals surface area contributed by atoms with E-state index in [1.54, 1.807) is 0 Å². The largest absolute Gasteiger partial charge is 0.357 e. The summed E-state index contributed by atoms with van der Waals surface area (Å²) in [5.74, 6) is 0.760. The fourth-order valence-electron chi connectivity index (χ4n) is 3.20. The van der Waals surface area contributed by atoms with E-state index in [-0.39, 0.29) is 0 Å². The van der Waals surface area contributed by atoms with Crippen molar-refractivity contribution in [3.63, 3.8) is 0 Å². The molecule has 1 saturated carbocycles. The topological polar surface area (TPSA) is 82.6 Å². The molecular weight excluding hydrogens is 312 g/mol. The number of nitrogens with one attached hydrogen (secondary N) is 3. The van der Waals surface area contributed by atoms with Crippen molar-refractivity contribution in [2.45, 2.75) is 65.3 Å². The first-order valence-corrected chi connectivity index (χ1v) is 10.5. The molecule has 136 valence electrons. The van der Waals surface area contributed by atoms with E-state index in [1.165, 1.54) is 38.4 Å². The third-order valence-electron chi connectivity index (χ3n) is 4.48. The van der Waals surface area contributed by atoms with Gasteiger partial charge in [0.25, 0.3) is 0 Å². The zero-order valence-electron chi connectivity index (χ0n) is 15.3. The molecule has 0 heterocycles. The van der Waals surface area contributed by atoms with E-state index in [9.17, 15) is 8.42 Å². The molecule has 1 rings (SSSR count). The summed E-state index contributed by atoms with van der Waals surface area (Å²) in [6, 6.07) is 0. The minimum absolute atomic E-state index is 0.383. The second kappa shape index (κ2) is 8.33. The highest BCUT2D eigenvalue weighted by Gasteiger charge is 2.32. The first kappa shape index (κ1) is 20.2. The smallest absolute Gasteiger partial charge is 0.209 e. The van der Waals surface area contributed by atoms with Gasteiger partial charge >= 0.3 is 0 Å². The minimum atomic E-state index is -3.24. The standard InChI is InChI=1S/C16H34N4O2S/c1-6-16(10-8-9-11-16)13-19-14(17-7-2)18-12-15(3,4)20-23(5,21)22/h20H,6-13H2,1-5H3,(H2,17,18,19). The molecule has 6 nitrogen and oxygen atoms in total. The average molecular weight is 347 g/mol. The molecule has 0 radical (unpaired) electrons. The molecule has 0 bridgehead atoms. The number of nitrogens with zero attached hydrogens (tertiary/aromatic N) is 1. The van der Waals surface area contributed by atoms with Crippen LogP contribution >= 0.6 is 0 Å². The Morgan fingerprint density at radius 3 is 2.26 bits per heavy atom.